The Bertz CT molecular complexity index is 1260. The first-order chi connectivity index (χ1) is 14.1. The van der Waals surface area contributed by atoms with Crippen LogP contribution in [0.25, 0.3) is 16.8 Å². The maximum atomic E-state index is 12.9. The molecule has 1 atom stereocenters. The van der Waals surface area contributed by atoms with Gasteiger partial charge in [0, 0.05) is 18.0 Å². The topological polar surface area (TPSA) is 78.0 Å². The number of aryl methyl sites for hydroxylation is 1. The number of benzene rings is 2. The molecule has 0 saturated heterocycles. The Morgan fingerprint density at radius 1 is 1.07 bits per heavy atom. The maximum absolute atomic E-state index is 12.9. The summed E-state index contributed by atoms with van der Waals surface area (Å²) in [5.41, 5.74) is 3.76. The van der Waals surface area contributed by atoms with Crippen molar-refractivity contribution in [3.63, 3.8) is 0 Å². The van der Waals surface area contributed by atoms with Crippen molar-refractivity contribution in [2.75, 3.05) is 6.79 Å². The summed E-state index contributed by atoms with van der Waals surface area (Å²) in [4.78, 5) is 12.9. The van der Waals surface area contributed by atoms with Gasteiger partial charge in [0.2, 0.25) is 6.79 Å². The second-order valence-electron chi connectivity index (χ2n) is 7.11. The molecule has 1 aliphatic rings. The van der Waals surface area contributed by atoms with Crippen LogP contribution < -0.4 is 15.0 Å². The summed E-state index contributed by atoms with van der Waals surface area (Å²) < 4.78 is 13.7. The van der Waals surface area contributed by atoms with E-state index >= 15 is 0 Å². The normalized spacial score (nSPS) is 13.7. The second-order valence-corrected chi connectivity index (χ2v) is 7.11. The van der Waals surface area contributed by atoms with E-state index in [2.05, 4.69) is 5.10 Å². The smallest absolute Gasteiger partial charge is 0.276 e. The van der Waals surface area contributed by atoms with Gasteiger partial charge in [-0.2, -0.15) is 5.10 Å². The lowest BCUT2D eigenvalue weighted by molar-refractivity contribution is 0.154. The van der Waals surface area contributed by atoms with Crippen molar-refractivity contribution in [1.29, 1.82) is 0 Å². The van der Waals surface area contributed by atoms with Crippen molar-refractivity contribution in [3.8, 4) is 22.8 Å². The maximum Gasteiger partial charge on any atom is 0.276 e. The Morgan fingerprint density at radius 3 is 2.69 bits per heavy atom. The standard InChI is InChI=1S/C22H19N3O4/c1-14-2-4-15(5-3-14)17-11-18-22(27)24(8-9-25(18)23-17)12-19(26)16-6-7-20-21(10-16)29-13-28-20/h2-11,19,26H,12-13H2,1H3/t19-/m1/s1. The third-order valence-electron chi connectivity index (χ3n) is 5.10. The first-order valence-electron chi connectivity index (χ1n) is 9.32. The Balaban J connectivity index is 1.45. The highest BCUT2D eigenvalue weighted by molar-refractivity contribution is 5.65. The average molecular weight is 389 g/mol. The predicted molar refractivity (Wildman–Crippen MR) is 107 cm³/mol. The SMILES string of the molecule is Cc1ccc(-c2cc3c(=O)n(C[C@@H](O)c4ccc5c(c4)OCO5)ccn3n2)cc1. The van der Waals surface area contributed by atoms with Crippen molar-refractivity contribution < 1.29 is 14.6 Å². The van der Waals surface area contributed by atoms with Crippen LogP contribution in [0.1, 0.15) is 17.2 Å². The quantitative estimate of drug-likeness (QED) is 0.581. The molecule has 7 heteroatoms. The number of ether oxygens (including phenoxy) is 2. The summed E-state index contributed by atoms with van der Waals surface area (Å²) in [5.74, 6) is 1.25. The number of aliphatic hydroxyl groups excluding tert-OH is 1. The average Bonchev–Trinajstić information content (AvgIpc) is 3.37. The van der Waals surface area contributed by atoms with Gasteiger partial charge in [0.05, 0.1) is 18.3 Å². The third-order valence-corrected chi connectivity index (χ3v) is 5.10. The van der Waals surface area contributed by atoms with Crippen LogP contribution in [0.5, 0.6) is 11.5 Å². The molecule has 0 radical (unpaired) electrons. The van der Waals surface area contributed by atoms with Crippen LogP contribution in [0.15, 0.2) is 65.7 Å². The van der Waals surface area contributed by atoms with E-state index in [0.717, 1.165) is 16.8 Å². The number of rotatable bonds is 4. The highest BCUT2D eigenvalue weighted by Gasteiger charge is 2.18. The molecule has 29 heavy (non-hydrogen) atoms. The van der Waals surface area contributed by atoms with Crippen molar-refractivity contribution in [3.05, 3.63) is 82.4 Å². The molecule has 0 bridgehead atoms. The fourth-order valence-corrected chi connectivity index (χ4v) is 3.45. The molecule has 5 rings (SSSR count). The van der Waals surface area contributed by atoms with Crippen LogP contribution in [-0.4, -0.2) is 26.1 Å². The van der Waals surface area contributed by atoms with Gasteiger partial charge >= 0.3 is 0 Å². The fraction of sp³-hybridized carbons (Fsp3) is 0.182. The zero-order chi connectivity index (χ0) is 20.0. The predicted octanol–water partition coefficient (Wildman–Crippen LogP) is 2.93. The zero-order valence-corrected chi connectivity index (χ0v) is 15.8. The van der Waals surface area contributed by atoms with Crippen molar-refractivity contribution in [2.24, 2.45) is 0 Å². The minimum Gasteiger partial charge on any atom is -0.454 e. The zero-order valence-electron chi connectivity index (χ0n) is 15.8. The van der Waals surface area contributed by atoms with E-state index in [1.165, 1.54) is 4.57 Å². The van der Waals surface area contributed by atoms with E-state index in [1.807, 2.05) is 31.2 Å². The van der Waals surface area contributed by atoms with E-state index in [-0.39, 0.29) is 18.9 Å². The van der Waals surface area contributed by atoms with Crippen molar-refractivity contribution in [2.45, 2.75) is 19.6 Å². The molecule has 2 aromatic heterocycles. The van der Waals surface area contributed by atoms with E-state index in [4.69, 9.17) is 9.47 Å². The second kappa shape index (κ2) is 6.79. The number of fused-ring (bicyclic) bond motifs is 2. The van der Waals surface area contributed by atoms with Gasteiger partial charge in [-0.3, -0.25) is 4.79 Å². The monoisotopic (exact) mass is 389 g/mol. The van der Waals surface area contributed by atoms with E-state index in [0.29, 0.717) is 22.6 Å². The van der Waals surface area contributed by atoms with E-state index < -0.39 is 6.10 Å². The van der Waals surface area contributed by atoms with Crippen LogP contribution in [0.4, 0.5) is 0 Å². The summed E-state index contributed by atoms with van der Waals surface area (Å²) in [6, 6.07) is 15.0. The minimum absolute atomic E-state index is 0.125. The fourth-order valence-electron chi connectivity index (χ4n) is 3.45. The van der Waals surface area contributed by atoms with Crippen LogP contribution in [0, 0.1) is 6.92 Å². The van der Waals surface area contributed by atoms with Gasteiger partial charge < -0.3 is 19.1 Å². The number of nitrogens with zero attached hydrogens (tertiary/aromatic N) is 3. The van der Waals surface area contributed by atoms with E-state index in [9.17, 15) is 9.90 Å². The largest absolute Gasteiger partial charge is 0.454 e. The lowest BCUT2D eigenvalue weighted by Gasteiger charge is -2.13. The molecule has 4 aromatic rings. The molecule has 0 fully saturated rings. The molecule has 146 valence electrons. The van der Waals surface area contributed by atoms with Crippen LogP contribution >= 0.6 is 0 Å². The molecule has 0 amide bonds. The Kier molecular flexibility index (Phi) is 4.10. The van der Waals surface area contributed by atoms with Crippen molar-refractivity contribution >= 4 is 5.52 Å². The minimum atomic E-state index is -0.857. The Morgan fingerprint density at radius 2 is 1.86 bits per heavy atom. The van der Waals surface area contributed by atoms with Crippen LogP contribution in [-0.2, 0) is 6.54 Å². The highest BCUT2D eigenvalue weighted by Crippen LogP contribution is 2.34. The van der Waals surface area contributed by atoms with Gasteiger partial charge in [-0.25, -0.2) is 4.52 Å². The molecular weight excluding hydrogens is 370 g/mol. The molecule has 0 saturated carbocycles. The molecular formula is C22H19N3O4. The first kappa shape index (κ1) is 17.5. The van der Waals surface area contributed by atoms with Gasteiger partial charge in [-0.1, -0.05) is 35.9 Å². The summed E-state index contributed by atoms with van der Waals surface area (Å²) in [6.45, 7) is 2.33. The molecule has 0 aliphatic carbocycles. The van der Waals surface area contributed by atoms with Crippen LogP contribution in [0.2, 0.25) is 0 Å². The summed E-state index contributed by atoms with van der Waals surface area (Å²) in [6.07, 6.45) is 2.50. The van der Waals surface area contributed by atoms with Gasteiger partial charge in [0.1, 0.15) is 5.52 Å². The lowest BCUT2D eigenvalue weighted by Crippen LogP contribution is -2.24. The summed E-state index contributed by atoms with van der Waals surface area (Å²) in [7, 11) is 0. The summed E-state index contributed by atoms with van der Waals surface area (Å²) >= 11 is 0. The number of aromatic nitrogens is 3. The third kappa shape index (κ3) is 3.15. The number of hydrogen-bond donors (Lipinski definition) is 1. The molecule has 1 aliphatic heterocycles. The van der Waals surface area contributed by atoms with Crippen LogP contribution in [0.3, 0.4) is 0 Å². The summed E-state index contributed by atoms with van der Waals surface area (Å²) in [5, 5.41) is 15.1. The molecule has 1 N–H and O–H groups in total. The Hall–Kier alpha value is -3.58. The van der Waals surface area contributed by atoms with Gasteiger partial charge in [0.15, 0.2) is 11.5 Å². The van der Waals surface area contributed by atoms with Crippen molar-refractivity contribution in [1.82, 2.24) is 14.2 Å². The van der Waals surface area contributed by atoms with Gasteiger partial charge in [-0.15, -0.1) is 0 Å². The molecule has 7 nitrogen and oxygen atoms in total. The van der Waals surface area contributed by atoms with Gasteiger partial charge in [-0.05, 0) is 30.7 Å². The Labute approximate surface area is 166 Å². The van der Waals surface area contributed by atoms with Gasteiger partial charge in [0.25, 0.3) is 5.56 Å². The number of aliphatic hydroxyl groups is 1. The first-order valence-corrected chi connectivity index (χ1v) is 9.32. The molecule has 2 aromatic carbocycles. The lowest BCUT2D eigenvalue weighted by atomic mass is 10.1. The number of hydrogen-bond acceptors (Lipinski definition) is 5. The molecule has 3 heterocycles. The highest BCUT2D eigenvalue weighted by atomic mass is 16.7. The van der Waals surface area contributed by atoms with E-state index in [1.54, 1.807) is 41.2 Å². The molecule has 0 spiro atoms. The molecule has 0 unspecified atom stereocenters.